The average Bonchev–Trinajstić information content (AvgIpc) is 2.77. The van der Waals surface area contributed by atoms with Crippen molar-refractivity contribution in [3.63, 3.8) is 0 Å². The second-order valence-electron chi connectivity index (χ2n) is 7.47. The van der Waals surface area contributed by atoms with Gasteiger partial charge in [-0.1, -0.05) is 19.9 Å². The van der Waals surface area contributed by atoms with Gasteiger partial charge in [-0.05, 0) is 41.8 Å². The van der Waals surface area contributed by atoms with Crippen LogP contribution in [0.4, 0.5) is 5.69 Å². The Balaban J connectivity index is 1.56. The largest absolute Gasteiger partial charge is 0.493 e. The van der Waals surface area contributed by atoms with Crippen LogP contribution in [-0.2, 0) is 4.79 Å². The molecule has 3 rings (SSSR count). The molecule has 0 unspecified atom stereocenters. The van der Waals surface area contributed by atoms with Crippen molar-refractivity contribution in [1.29, 1.82) is 0 Å². The van der Waals surface area contributed by atoms with Gasteiger partial charge in [0.15, 0.2) is 11.5 Å². The molecule has 0 atom stereocenters. The van der Waals surface area contributed by atoms with Gasteiger partial charge < -0.3 is 19.3 Å². The minimum Gasteiger partial charge on any atom is -0.493 e. The number of carbonyl (C=O) groups excluding carboxylic acids is 1. The lowest BCUT2D eigenvalue weighted by atomic mass is 10.1. The first kappa shape index (κ1) is 20.7. The van der Waals surface area contributed by atoms with Crippen molar-refractivity contribution >= 4 is 17.7 Å². The zero-order valence-corrected chi connectivity index (χ0v) is 17.4. The number of benzene rings is 1. The maximum Gasteiger partial charge on any atom is 0.246 e. The van der Waals surface area contributed by atoms with Crippen molar-refractivity contribution in [3.05, 3.63) is 54.4 Å². The third-order valence-corrected chi connectivity index (χ3v) is 4.80. The lowest BCUT2D eigenvalue weighted by molar-refractivity contribution is -0.126. The number of piperazine rings is 1. The summed E-state index contributed by atoms with van der Waals surface area (Å²) in [6.07, 6.45) is 7.05. The number of carbonyl (C=O) groups is 1. The molecule has 29 heavy (non-hydrogen) atoms. The minimum absolute atomic E-state index is 0.0264. The molecule has 0 saturated carbocycles. The van der Waals surface area contributed by atoms with Crippen molar-refractivity contribution in [1.82, 2.24) is 9.88 Å². The molecule has 1 amide bonds. The second-order valence-corrected chi connectivity index (χ2v) is 7.47. The van der Waals surface area contributed by atoms with Gasteiger partial charge in [0.2, 0.25) is 5.91 Å². The van der Waals surface area contributed by atoms with Crippen LogP contribution >= 0.6 is 0 Å². The van der Waals surface area contributed by atoms with Crippen molar-refractivity contribution in [2.75, 3.05) is 44.8 Å². The molecular formula is C23H29N3O3. The molecule has 1 aromatic heterocycles. The number of rotatable bonds is 7. The lowest BCUT2D eigenvalue weighted by Crippen LogP contribution is -2.48. The molecule has 2 heterocycles. The first-order chi connectivity index (χ1) is 14.1. The van der Waals surface area contributed by atoms with E-state index in [-0.39, 0.29) is 5.91 Å². The second kappa shape index (κ2) is 9.96. The van der Waals surface area contributed by atoms with Gasteiger partial charge in [-0.3, -0.25) is 9.78 Å². The minimum atomic E-state index is 0.0264. The molecule has 2 aromatic rings. The van der Waals surface area contributed by atoms with Crippen molar-refractivity contribution in [3.8, 4) is 11.5 Å². The zero-order chi connectivity index (χ0) is 20.6. The van der Waals surface area contributed by atoms with E-state index in [1.165, 1.54) is 0 Å². The summed E-state index contributed by atoms with van der Waals surface area (Å²) in [5, 5.41) is 0. The van der Waals surface area contributed by atoms with Crippen LogP contribution in [0.15, 0.2) is 48.8 Å². The first-order valence-electron chi connectivity index (χ1n) is 9.99. The number of methoxy groups -OCH3 is 1. The van der Waals surface area contributed by atoms with Crippen LogP contribution < -0.4 is 14.4 Å². The average molecular weight is 396 g/mol. The van der Waals surface area contributed by atoms with Gasteiger partial charge in [0.1, 0.15) is 0 Å². The third kappa shape index (κ3) is 5.73. The van der Waals surface area contributed by atoms with Gasteiger partial charge in [-0.25, -0.2) is 0 Å². The van der Waals surface area contributed by atoms with E-state index in [1.807, 2.05) is 41.3 Å². The van der Waals surface area contributed by atoms with Crippen LogP contribution in [0.3, 0.4) is 0 Å². The number of hydrogen-bond donors (Lipinski definition) is 0. The van der Waals surface area contributed by atoms with E-state index in [1.54, 1.807) is 25.6 Å². The SMILES string of the molecule is COc1cc(/C=C/C(=O)N2CCN(c3ccncc3)CC2)ccc1OCC(C)C. The molecule has 154 valence electrons. The lowest BCUT2D eigenvalue weighted by Gasteiger charge is -2.35. The van der Waals surface area contributed by atoms with Gasteiger partial charge in [-0.2, -0.15) is 0 Å². The maximum absolute atomic E-state index is 12.6. The summed E-state index contributed by atoms with van der Waals surface area (Å²) < 4.78 is 11.2. The summed E-state index contributed by atoms with van der Waals surface area (Å²) in [6, 6.07) is 9.71. The van der Waals surface area contributed by atoms with Crippen molar-refractivity contribution < 1.29 is 14.3 Å². The van der Waals surface area contributed by atoms with Crippen molar-refractivity contribution in [2.45, 2.75) is 13.8 Å². The molecule has 0 radical (unpaired) electrons. The molecule has 6 heteroatoms. The quantitative estimate of drug-likeness (QED) is 0.672. The number of aromatic nitrogens is 1. The molecule has 1 fully saturated rings. The number of anilines is 1. The van der Waals surface area contributed by atoms with Crippen LogP contribution in [0, 0.1) is 5.92 Å². The highest BCUT2D eigenvalue weighted by Crippen LogP contribution is 2.29. The molecular weight excluding hydrogens is 366 g/mol. The van der Waals surface area contributed by atoms with Crippen LogP contribution in [0.5, 0.6) is 11.5 Å². The van der Waals surface area contributed by atoms with E-state index in [4.69, 9.17) is 9.47 Å². The fourth-order valence-electron chi connectivity index (χ4n) is 3.18. The number of ether oxygens (including phenoxy) is 2. The van der Waals surface area contributed by atoms with E-state index < -0.39 is 0 Å². The Bertz CT molecular complexity index is 829. The Morgan fingerprint density at radius 1 is 1.10 bits per heavy atom. The van der Waals surface area contributed by atoms with Gasteiger partial charge in [0.25, 0.3) is 0 Å². The van der Waals surface area contributed by atoms with E-state index >= 15 is 0 Å². The summed E-state index contributed by atoms with van der Waals surface area (Å²) in [4.78, 5) is 20.8. The van der Waals surface area contributed by atoms with Gasteiger partial charge in [0, 0.05) is 50.3 Å². The van der Waals surface area contributed by atoms with E-state index in [0.29, 0.717) is 31.4 Å². The standard InChI is InChI=1S/C23H29N3O3/c1-18(2)17-29-21-6-4-19(16-22(21)28-3)5-7-23(27)26-14-12-25(13-15-26)20-8-10-24-11-9-20/h4-11,16,18H,12-15,17H2,1-3H3/b7-5+. The monoisotopic (exact) mass is 395 g/mol. The highest BCUT2D eigenvalue weighted by atomic mass is 16.5. The number of nitrogens with zero attached hydrogens (tertiary/aromatic N) is 3. The third-order valence-electron chi connectivity index (χ3n) is 4.80. The first-order valence-corrected chi connectivity index (χ1v) is 9.99. The Labute approximate surface area is 172 Å². The Hall–Kier alpha value is -3.02. The summed E-state index contributed by atoms with van der Waals surface area (Å²) in [5.41, 5.74) is 2.05. The van der Waals surface area contributed by atoms with Crippen LogP contribution in [-0.4, -0.2) is 55.7 Å². The Kier molecular flexibility index (Phi) is 7.11. The zero-order valence-electron chi connectivity index (χ0n) is 17.4. The molecule has 0 N–H and O–H groups in total. The topological polar surface area (TPSA) is 54.9 Å². The molecule has 1 aliphatic heterocycles. The fourth-order valence-corrected chi connectivity index (χ4v) is 3.18. The molecule has 1 aliphatic rings. The molecule has 1 aromatic carbocycles. The smallest absolute Gasteiger partial charge is 0.246 e. The van der Waals surface area contributed by atoms with Crippen LogP contribution in [0.25, 0.3) is 6.08 Å². The van der Waals surface area contributed by atoms with E-state index in [9.17, 15) is 4.79 Å². The number of pyridine rings is 1. The highest BCUT2D eigenvalue weighted by Gasteiger charge is 2.19. The molecule has 0 bridgehead atoms. The number of hydrogen-bond acceptors (Lipinski definition) is 5. The summed E-state index contributed by atoms with van der Waals surface area (Å²) in [5.74, 6) is 1.86. The predicted octanol–water partition coefficient (Wildman–Crippen LogP) is 3.49. The van der Waals surface area contributed by atoms with Crippen LogP contribution in [0.2, 0.25) is 0 Å². The normalized spacial score (nSPS) is 14.5. The molecule has 0 spiro atoms. The number of amides is 1. The molecule has 6 nitrogen and oxygen atoms in total. The highest BCUT2D eigenvalue weighted by molar-refractivity contribution is 5.92. The summed E-state index contributed by atoms with van der Waals surface area (Å²) in [7, 11) is 1.62. The Morgan fingerprint density at radius 3 is 2.48 bits per heavy atom. The predicted molar refractivity (Wildman–Crippen MR) is 115 cm³/mol. The van der Waals surface area contributed by atoms with Gasteiger partial charge in [-0.15, -0.1) is 0 Å². The molecule has 0 aliphatic carbocycles. The van der Waals surface area contributed by atoms with Gasteiger partial charge in [0.05, 0.1) is 13.7 Å². The molecule has 1 saturated heterocycles. The van der Waals surface area contributed by atoms with E-state index in [2.05, 4.69) is 23.7 Å². The van der Waals surface area contributed by atoms with Crippen molar-refractivity contribution in [2.24, 2.45) is 5.92 Å². The maximum atomic E-state index is 12.6. The Morgan fingerprint density at radius 2 is 1.83 bits per heavy atom. The summed E-state index contributed by atoms with van der Waals surface area (Å²) in [6.45, 7) is 7.89. The van der Waals surface area contributed by atoms with Gasteiger partial charge >= 0.3 is 0 Å². The van der Waals surface area contributed by atoms with E-state index in [0.717, 1.165) is 30.1 Å². The van der Waals surface area contributed by atoms with Crippen LogP contribution in [0.1, 0.15) is 19.4 Å². The summed E-state index contributed by atoms with van der Waals surface area (Å²) >= 11 is 0. The fraction of sp³-hybridized carbons (Fsp3) is 0.391.